The van der Waals surface area contributed by atoms with Crippen molar-refractivity contribution in [2.24, 2.45) is 0 Å². The standard InChI is InChI=1S/C16H25F2N.C9H13ClN2.C4H10.C2H6/c1-4-6-12-19(11-5-2)15-10-8-7-9-14(15)16(3,18)13-17;1-3-7-12(2)9-8(10)5-4-6-11-9;1-3-4-2;1-2/h7-10H,4-6,11-13H2,1-3H3;4-6H,3,7H2,1-2H3;3-4H2,1-2H3;1-2H3. The van der Waals surface area contributed by atoms with Crippen LogP contribution in [0.1, 0.15) is 99.5 Å². The van der Waals surface area contributed by atoms with Gasteiger partial charge >= 0.3 is 0 Å². The van der Waals surface area contributed by atoms with E-state index in [0.29, 0.717) is 10.6 Å². The van der Waals surface area contributed by atoms with Crippen LogP contribution < -0.4 is 9.80 Å². The van der Waals surface area contributed by atoms with Gasteiger partial charge in [0.25, 0.3) is 0 Å². The quantitative estimate of drug-likeness (QED) is 0.266. The van der Waals surface area contributed by atoms with Crippen LogP contribution in [0.25, 0.3) is 0 Å². The van der Waals surface area contributed by atoms with Crippen LogP contribution in [0.3, 0.4) is 0 Å². The summed E-state index contributed by atoms with van der Waals surface area (Å²) in [7, 11) is 2.00. The Labute approximate surface area is 232 Å². The van der Waals surface area contributed by atoms with Gasteiger partial charge in [0.2, 0.25) is 0 Å². The van der Waals surface area contributed by atoms with Gasteiger partial charge in [-0.05, 0) is 44.4 Å². The van der Waals surface area contributed by atoms with Crippen molar-refractivity contribution < 1.29 is 8.78 Å². The molecule has 0 bridgehead atoms. The highest BCUT2D eigenvalue weighted by molar-refractivity contribution is 6.32. The van der Waals surface area contributed by atoms with Crippen molar-refractivity contribution in [1.82, 2.24) is 4.98 Å². The number of hydrogen-bond acceptors (Lipinski definition) is 3. The summed E-state index contributed by atoms with van der Waals surface area (Å²) in [6.07, 6.45) is 8.65. The van der Waals surface area contributed by atoms with Crippen molar-refractivity contribution in [3.05, 3.63) is 53.2 Å². The molecule has 1 atom stereocenters. The average Bonchev–Trinajstić information content (AvgIpc) is 2.93. The highest BCUT2D eigenvalue weighted by atomic mass is 35.5. The van der Waals surface area contributed by atoms with Crippen molar-refractivity contribution >= 4 is 23.1 Å². The fraction of sp³-hybridized carbons (Fsp3) is 0.645. The topological polar surface area (TPSA) is 19.4 Å². The Morgan fingerprint density at radius 1 is 0.838 bits per heavy atom. The van der Waals surface area contributed by atoms with Gasteiger partial charge < -0.3 is 9.80 Å². The average molecular weight is 542 g/mol. The molecule has 0 fully saturated rings. The predicted molar refractivity (Wildman–Crippen MR) is 163 cm³/mol. The minimum atomic E-state index is -1.91. The van der Waals surface area contributed by atoms with E-state index in [0.717, 1.165) is 56.8 Å². The fourth-order valence-electron chi connectivity index (χ4n) is 3.33. The third kappa shape index (κ3) is 15.2. The summed E-state index contributed by atoms with van der Waals surface area (Å²) in [6, 6.07) is 11.0. The van der Waals surface area contributed by atoms with E-state index in [-0.39, 0.29) is 0 Å². The molecule has 0 saturated heterocycles. The van der Waals surface area contributed by atoms with E-state index < -0.39 is 12.3 Å². The molecule has 2 rings (SSSR count). The lowest BCUT2D eigenvalue weighted by Gasteiger charge is -2.30. The molecular weight excluding hydrogens is 488 g/mol. The van der Waals surface area contributed by atoms with Crippen molar-refractivity contribution in [3.8, 4) is 0 Å². The summed E-state index contributed by atoms with van der Waals surface area (Å²) in [5.41, 5.74) is -0.614. The maximum absolute atomic E-state index is 14.3. The van der Waals surface area contributed by atoms with Gasteiger partial charge in [0.1, 0.15) is 12.5 Å². The summed E-state index contributed by atoms with van der Waals surface area (Å²) in [5, 5.41) is 0.716. The second kappa shape index (κ2) is 23.3. The molecule has 0 N–H and O–H groups in total. The van der Waals surface area contributed by atoms with Crippen LogP contribution in [-0.2, 0) is 5.67 Å². The summed E-state index contributed by atoms with van der Waals surface area (Å²) < 4.78 is 27.3. The van der Waals surface area contributed by atoms with Gasteiger partial charge in [0.15, 0.2) is 5.67 Å². The summed E-state index contributed by atoms with van der Waals surface area (Å²) in [5.74, 6) is 0.862. The fourth-order valence-corrected chi connectivity index (χ4v) is 3.60. The monoisotopic (exact) mass is 541 g/mol. The lowest BCUT2D eigenvalue weighted by atomic mass is 9.96. The molecule has 1 unspecified atom stereocenters. The van der Waals surface area contributed by atoms with Crippen LogP contribution in [0.5, 0.6) is 0 Å². The number of alkyl halides is 2. The van der Waals surface area contributed by atoms with Crippen molar-refractivity contribution in [3.63, 3.8) is 0 Å². The Morgan fingerprint density at radius 3 is 1.92 bits per heavy atom. The van der Waals surface area contributed by atoms with E-state index in [1.54, 1.807) is 18.3 Å². The maximum Gasteiger partial charge on any atom is 0.163 e. The number of aromatic nitrogens is 1. The Hall–Kier alpha value is -1.88. The van der Waals surface area contributed by atoms with Crippen LogP contribution in [0, 0.1) is 0 Å². The Bertz CT molecular complexity index is 785. The number of hydrogen-bond donors (Lipinski definition) is 0. The number of unbranched alkanes of at least 4 members (excludes halogenated alkanes) is 2. The number of rotatable bonds is 12. The maximum atomic E-state index is 14.3. The molecule has 0 aliphatic rings. The number of pyridine rings is 1. The summed E-state index contributed by atoms with van der Waals surface area (Å²) in [6.45, 7) is 17.8. The number of para-hydroxylation sites is 1. The normalized spacial score (nSPS) is 11.5. The third-order valence-corrected chi connectivity index (χ3v) is 5.79. The van der Waals surface area contributed by atoms with E-state index in [2.05, 4.69) is 49.4 Å². The molecule has 0 spiro atoms. The molecular formula is C31H54ClF2N3. The van der Waals surface area contributed by atoms with E-state index >= 15 is 0 Å². The first-order valence-corrected chi connectivity index (χ1v) is 14.5. The molecule has 0 aliphatic heterocycles. The molecule has 1 aromatic carbocycles. The smallest absolute Gasteiger partial charge is 0.163 e. The zero-order valence-electron chi connectivity index (χ0n) is 25.1. The summed E-state index contributed by atoms with van der Waals surface area (Å²) in [4.78, 5) is 8.42. The third-order valence-electron chi connectivity index (χ3n) is 5.49. The first kappa shape index (κ1) is 37.3. The Balaban J connectivity index is 0. The van der Waals surface area contributed by atoms with E-state index in [4.69, 9.17) is 11.6 Å². The molecule has 2 aromatic rings. The van der Waals surface area contributed by atoms with Crippen LogP contribution in [0.15, 0.2) is 42.6 Å². The molecule has 214 valence electrons. The first-order valence-electron chi connectivity index (χ1n) is 14.1. The van der Waals surface area contributed by atoms with Gasteiger partial charge in [0, 0.05) is 44.1 Å². The molecule has 0 saturated carbocycles. The van der Waals surface area contributed by atoms with Crippen molar-refractivity contribution in [2.75, 3.05) is 43.2 Å². The molecule has 37 heavy (non-hydrogen) atoms. The van der Waals surface area contributed by atoms with Gasteiger partial charge in [-0.2, -0.15) is 0 Å². The molecule has 0 amide bonds. The van der Waals surface area contributed by atoms with Crippen LogP contribution in [0.4, 0.5) is 20.3 Å². The SMILES string of the molecule is CC.CCCC.CCCCN(CCC)c1ccccc1C(C)(F)CF.CCCN(C)c1ncccc1Cl. The van der Waals surface area contributed by atoms with E-state index in [1.165, 1.54) is 19.8 Å². The minimum absolute atomic E-state index is 0.460. The zero-order chi connectivity index (χ0) is 28.7. The van der Waals surface area contributed by atoms with Gasteiger partial charge in [-0.15, -0.1) is 0 Å². The van der Waals surface area contributed by atoms with Crippen molar-refractivity contribution in [2.45, 2.75) is 99.6 Å². The van der Waals surface area contributed by atoms with Gasteiger partial charge in [0.05, 0.1) is 5.02 Å². The van der Waals surface area contributed by atoms with Crippen molar-refractivity contribution in [1.29, 1.82) is 0 Å². The largest absolute Gasteiger partial charge is 0.371 e. The van der Waals surface area contributed by atoms with Gasteiger partial charge in [-0.1, -0.05) is 97.5 Å². The van der Waals surface area contributed by atoms with Crippen LogP contribution >= 0.6 is 11.6 Å². The predicted octanol–water partition coefficient (Wildman–Crippen LogP) is 10.3. The van der Waals surface area contributed by atoms with E-state index in [9.17, 15) is 8.78 Å². The number of halogens is 3. The molecule has 0 radical (unpaired) electrons. The second-order valence-electron chi connectivity index (χ2n) is 8.92. The van der Waals surface area contributed by atoms with Crippen LogP contribution in [0.2, 0.25) is 5.02 Å². The molecule has 3 nitrogen and oxygen atoms in total. The Kier molecular flexibility index (Phi) is 23.4. The number of benzene rings is 1. The number of nitrogens with zero attached hydrogens (tertiary/aromatic N) is 3. The summed E-state index contributed by atoms with van der Waals surface area (Å²) >= 11 is 5.95. The second-order valence-corrected chi connectivity index (χ2v) is 9.33. The first-order chi connectivity index (χ1) is 17.7. The minimum Gasteiger partial charge on any atom is -0.371 e. The van der Waals surface area contributed by atoms with Gasteiger partial charge in [-0.3, -0.25) is 0 Å². The van der Waals surface area contributed by atoms with Crippen LogP contribution in [-0.4, -0.2) is 38.3 Å². The molecule has 1 aromatic heterocycles. The Morgan fingerprint density at radius 2 is 1.43 bits per heavy atom. The lowest BCUT2D eigenvalue weighted by molar-refractivity contribution is 0.143. The number of anilines is 2. The van der Waals surface area contributed by atoms with Gasteiger partial charge in [-0.25, -0.2) is 13.8 Å². The lowest BCUT2D eigenvalue weighted by Crippen LogP contribution is -2.29. The molecule has 6 heteroatoms. The van der Waals surface area contributed by atoms with E-state index in [1.807, 2.05) is 45.2 Å². The molecule has 0 aliphatic carbocycles. The zero-order valence-corrected chi connectivity index (χ0v) is 25.8. The molecule has 1 heterocycles. The highest BCUT2D eigenvalue weighted by Crippen LogP contribution is 2.34. The highest BCUT2D eigenvalue weighted by Gasteiger charge is 2.29.